The van der Waals surface area contributed by atoms with Crippen molar-refractivity contribution in [1.29, 1.82) is 0 Å². The summed E-state index contributed by atoms with van der Waals surface area (Å²) in [5.41, 5.74) is 0.207. The Bertz CT molecular complexity index is 519. The van der Waals surface area contributed by atoms with Crippen molar-refractivity contribution >= 4 is 0 Å². The van der Waals surface area contributed by atoms with Crippen molar-refractivity contribution in [3.63, 3.8) is 0 Å². The van der Waals surface area contributed by atoms with Crippen molar-refractivity contribution in [2.24, 2.45) is 0 Å². The highest BCUT2D eigenvalue weighted by Gasteiger charge is 2.43. The minimum Gasteiger partial charge on any atom is -0.387 e. The van der Waals surface area contributed by atoms with Crippen LogP contribution in [0.2, 0.25) is 0 Å². The van der Waals surface area contributed by atoms with Gasteiger partial charge >= 0.3 is 0 Å². The minimum absolute atomic E-state index is 0.187. The smallest absolute Gasteiger partial charge is 0.248 e. The Balaban J connectivity index is 2.42. The second kappa shape index (κ2) is 4.32. The van der Waals surface area contributed by atoms with Crippen molar-refractivity contribution in [2.45, 2.75) is 31.4 Å². The average molecular weight is 237 g/mol. The van der Waals surface area contributed by atoms with E-state index in [1.807, 2.05) is 0 Å². The third-order valence-electron chi connectivity index (χ3n) is 2.86. The van der Waals surface area contributed by atoms with Gasteiger partial charge in [-0.1, -0.05) is 5.92 Å². The first-order chi connectivity index (χ1) is 8.04. The Kier molecular flexibility index (Phi) is 3.01. The van der Waals surface area contributed by atoms with Gasteiger partial charge in [0.05, 0.1) is 11.8 Å². The van der Waals surface area contributed by atoms with Crippen molar-refractivity contribution < 1.29 is 14.2 Å². The predicted octanol–water partition coefficient (Wildman–Crippen LogP) is 0.515. The lowest BCUT2D eigenvalue weighted by atomic mass is 10.0. The number of hydrogen-bond acceptors (Lipinski definition) is 3. The number of rotatable bonds is 1. The number of nitrogens with one attached hydrogen (secondary N) is 1. The molecule has 5 heteroatoms. The van der Waals surface area contributed by atoms with Crippen LogP contribution in [0, 0.1) is 12.3 Å². The fraction of sp³-hybridized carbons (Fsp3) is 0.417. The number of halogens is 1. The number of ether oxygens (including phenoxy) is 1. The predicted molar refractivity (Wildman–Crippen MR) is 59.2 cm³/mol. The standard InChI is InChI=1S/C12H12FNO3/c1-3-8-7(4-5-9(15)14-8)12-10(13)11(16)6(2)17-12/h1,4-6,10-12,16H,2H3,(H,14,15)/t6-,10+,11?,12+/m1/s1. The molecule has 1 aliphatic heterocycles. The molecule has 2 rings (SSSR count). The van der Waals surface area contributed by atoms with Gasteiger partial charge in [-0.3, -0.25) is 4.79 Å². The molecule has 4 atom stereocenters. The molecule has 0 saturated carbocycles. The number of alkyl halides is 1. The molecule has 1 fully saturated rings. The molecule has 1 aromatic heterocycles. The van der Waals surface area contributed by atoms with Crippen LogP contribution in [0.15, 0.2) is 16.9 Å². The second-order valence-corrected chi connectivity index (χ2v) is 3.99. The number of aromatic amines is 1. The molecule has 1 aromatic rings. The molecular formula is C12H12FNO3. The molecule has 0 spiro atoms. The number of aromatic nitrogens is 1. The zero-order valence-corrected chi connectivity index (χ0v) is 9.18. The summed E-state index contributed by atoms with van der Waals surface area (Å²) in [5.74, 6) is 2.28. The lowest BCUT2D eigenvalue weighted by molar-refractivity contribution is 0.0208. The molecule has 0 amide bonds. The van der Waals surface area contributed by atoms with Crippen LogP contribution < -0.4 is 5.56 Å². The molecule has 2 N–H and O–H groups in total. The number of hydrogen-bond donors (Lipinski definition) is 2. The highest BCUT2D eigenvalue weighted by Crippen LogP contribution is 2.36. The van der Waals surface area contributed by atoms with E-state index in [1.165, 1.54) is 12.1 Å². The van der Waals surface area contributed by atoms with Gasteiger partial charge < -0.3 is 14.8 Å². The Labute approximate surface area is 97.4 Å². The summed E-state index contributed by atoms with van der Waals surface area (Å²) in [5, 5.41) is 9.49. The van der Waals surface area contributed by atoms with Crippen molar-refractivity contribution in [1.82, 2.24) is 4.98 Å². The number of aliphatic hydroxyl groups excluding tert-OH is 1. The average Bonchev–Trinajstić information content (AvgIpc) is 2.57. The molecule has 1 aliphatic rings. The number of H-pyrrole nitrogens is 1. The van der Waals surface area contributed by atoms with E-state index in [0.717, 1.165) is 0 Å². The first kappa shape index (κ1) is 11.8. The molecule has 2 heterocycles. The summed E-state index contributed by atoms with van der Waals surface area (Å²) >= 11 is 0. The van der Waals surface area contributed by atoms with Gasteiger partial charge in [0.2, 0.25) is 5.56 Å². The van der Waals surface area contributed by atoms with Crippen LogP contribution >= 0.6 is 0 Å². The van der Waals surface area contributed by atoms with Crippen molar-refractivity contribution in [3.8, 4) is 12.3 Å². The number of pyridine rings is 1. The fourth-order valence-electron chi connectivity index (χ4n) is 1.91. The van der Waals surface area contributed by atoms with Crippen LogP contribution in [0.3, 0.4) is 0 Å². The first-order valence-electron chi connectivity index (χ1n) is 5.22. The monoisotopic (exact) mass is 237 g/mol. The van der Waals surface area contributed by atoms with Gasteiger partial charge in [-0.05, 0) is 13.0 Å². The first-order valence-corrected chi connectivity index (χ1v) is 5.22. The Morgan fingerprint density at radius 2 is 2.29 bits per heavy atom. The quantitative estimate of drug-likeness (QED) is 0.700. The molecule has 0 bridgehead atoms. The molecule has 1 saturated heterocycles. The third kappa shape index (κ3) is 1.97. The van der Waals surface area contributed by atoms with E-state index in [2.05, 4.69) is 10.9 Å². The van der Waals surface area contributed by atoms with E-state index in [9.17, 15) is 14.3 Å². The van der Waals surface area contributed by atoms with Gasteiger partial charge in [0, 0.05) is 11.6 Å². The lowest BCUT2D eigenvalue weighted by Gasteiger charge is -2.14. The van der Waals surface area contributed by atoms with Crippen molar-refractivity contribution in [3.05, 3.63) is 33.7 Å². The number of aliphatic hydroxyl groups is 1. The van der Waals surface area contributed by atoms with Gasteiger partial charge in [0.15, 0.2) is 6.17 Å². The summed E-state index contributed by atoms with van der Waals surface area (Å²) in [7, 11) is 0. The molecule has 17 heavy (non-hydrogen) atoms. The van der Waals surface area contributed by atoms with E-state index in [1.54, 1.807) is 6.92 Å². The van der Waals surface area contributed by atoms with Gasteiger partial charge in [-0.15, -0.1) is 6.42 Å². The second-order valence-electron chi connectivity index (χ2n) is 3.99. The van der Waals surface area contributed by atoms with Crippen LogP contribution in [0.4, 0.5) is 4.39 Å². The molecular weight excluding hydrogens is 225 g/mol. The minimum atomic E-state index is -1.55. The van der Waals surface area contributed by atoms with E-state index in [4.69, 9.17) is 11.2 Å². The number of terminal acetylenes is 1. The van der Waals surface area contributed by atoms with E-state index in [0.29, 0.717) is 5.56 Å². The van der Waals surface area contributed by atoms with Crippen LogP contribution in [0.25, 0.3) is 0 Å². The largest absolute Gasteiger partial charge is 0.387 e. The molecule has 90 valence electrons. The topological polar surface area (TPSA) is 62.3 Å². The van der Waals surface area contributed by atoms with Crippen LogP contribution in [-0.2, 0) is 4.74 Å². The third-order valence-corrected chi connectivity index (χ3v) is 2.86. The summed E-state index contributed by atoms with van der Waals surface area (Å²) in [6.07, 6.45) is 0.960. The highest BCUT2D eigenvalue weighted by atomic mass is 19.1. The highest BCUT2D eigenvalue weighted by molar-refractivity contribution is 5.36. The van der Waals surface area contributed by atoms with E-state index < -0.39 is 24.5 Å². The van der Waals surface area contributed by atoms with Gasteiger partial charge in [-0.25, -0.2) is 4.39 Å². The van der Waals surface area contributed by atoms with Crippen LogP contribution in [0.1, 0.15) is 24.3 Å². The molecule has 1 unspecified atom stereocenters. The Morgan fingerprint density at radius 3 is 2.82 bits per heavy atom. The van der Waals surface area contributed by atoms with Crippen LogP contribution in [-0.4, -0.2) is 28.5 Å². The maximum atomic E-state index is 13.8. The maximum absolute atomic E-state index is 13.8. The Morgan fingerprint density at radius 1 is 1.59 bits per heavy atom. The van der Waals surface area contributed by atoms with E-state index in [-0.39, 0.29) is 11.3 Å². The van der Waals surface area contributed by atoms with Gasteiger partial charge in [0.25, 0.3) is 0 Å². The summed E-state index contributed by atoms with van der Waals surface area (Å²) in [6, 6.07) is 2.68. The fourth-order valence-corrected chi connectivity index (χ4v) is 1.91. The summed E-state index contributed by atoms with van der Waals surface area (Å²) < 4.78 is 19.1. The zero-order valence-electron chi connectivity index (χ0n) is 9.18. The van der Waals surface area contributed by atoms with E-state index >= 15 is 0 Å². The van der Waals surface area contributed by atoms with Crippen molar-refractivity contribution in [2.75, 3.05) is 0 Å². The SMILES string of the molecule is C#Cc1[nH]c(=O)ccc1[C@@H]1O[C@H](C)C(O)[C@@H]1F. The molecule has 0 aromatic carbocycles. The molecule has 4 nitrogen and oxygen atoms in total. The summed E-state index contributed by atoms with van der Waals surface area (Å²) in [4.78, 5) is 13.5. The summed E-state index contributed by atoms with van der Waals surface area (Å²) in [6.45, 7) is 1.58. The maximum Gasteiger partial charge on any atom is 0.248 e. The molecule has 0 radical (unpaired) electrons. The Hall–Kier alpha value is -1.64. The van der Waals surface area contributed by atoms with Gasteiger partial charge in [0.1, 0.15) is 12.2 Å². The van der Waals surface area contributed by atoms with Crippen LogP contribution in [0.5, 0.6) is 0 Å². The van der Waals surface area contributed by atoms with Gasteiger partial charge in [-0.2, -0.15) is 0 Å². The normalized spacial score (nSPS) is 32.4. The lowest BCUT2D eigenvalue weighted by Crippen LogP contribution is -2.25. The molecule has 0 aliphatic carbocycles. The zero-order chi connectivity index (χ0) is 12.6.